The molecule has 1 N–H and O–H groups in total. The third kappa shape index (κ3) is 4.20. The van der Waals surface area contributed by atoms with Gasteiger partial charge in [-0.15, -0.1) is 11.8 Å². The van der Waals surface area contributed by atoms with Crippen molar-refractivity contribution in [3.63, 3.8) is 0 Å². The highest BCUT2D eigenvalue weighted by Gasteiger charge is 2.08. The maximum Gasteiger partial charge on any atom is 0.102 e. The minimum Gasteiger partial charge on any atom is -0.389 e. The van der Waals surface area contributed by atoms with Gasteiger partial charge >= 0.3 is 0 Å². The van der Waals surface area contributed by atoms with Gasteiger partial charge in [-0.1, -0.05) is 6.07 Å². The summed E-state index contributed by atoms with van der Waals surface area (Å²) in [5.74, 6) is 0.990. The van der Waals surface area contributed by atoms with Crippen molar-refractivity contribution in [3.8, 4) is 0 Å². The van der Waals surface area contributed by atoms with Crippen LogP contribution in [0.2, 0.25) is 0 Å². The van der Waals surface area contributed by atoms with Crippen LogP contribution in [0.4, 0.5) is 0 Å². The first-order valence-corrected chi connectivity index (χ1v) is 6.00. The highest BCUT2D eigenvalue weighted by atomic mass is 32.2. The lowest BCUT2D eigenvalue weighted by Gasteiger charge is -2.12. The zero-order valence-corrected chi connectivity index (χ0v) is 10.3. The Hall–Kier alpha value is -0.580. The molecule has 0 fully saturated rings. The van der Waals surface area contributed by atoms with E-state index < -0.39 is 6.10 Å². The van der Waals surface area contributed by atoms with E-state index in [2.05, 4.69) is 24.0 Å². The van der Waals surface area contributed by atoms with Gasteiger partial charge in [0.15, 0.2) is 0 Å². The second-order valence-corrected chi connectivity index (χ2v) is 4.81. The molecule has 0 unspecified atom stereocenters. The van der Waals surface area contributed by atoms with E-state index in [0.717, 1.165) is 22.9 Å². The number of rotatable bonds is 5. The molecule has 0 aromatic carbocycles. The van der Waals surface area contributed by atoms with E-state index in [9.17, 15) is 5.11 Å². The molecule has 0 aliphatic carbocycles. The summed E-state index contributed by atoms with van der Waals surface area (Å²) in [6.45, 7) is 2.79. The Bertz CT molecular complexity index is 302. The van der Waals surface area contributed by atoms with Crippen LogP contribution in [0.15, 0.2) is 23.4 Å². The first-order valence-electron chi connectivity index (χ1n) is 5.01. The fourth-order valence-corrected chi connectivity index (χ4v) is 2.36. The zero-order chi connectivity index (χ0) is 11.3. The van der Waals surface area contributed by atoms with Crippen molar-refractivity contribution in [2.45, 2.75) is 18.1 Å². The van der Waals surface area contributed by atoms with E-state index in [-0.39, 0.29) is 0 Å². The third-order valence-electron chi connectivity index (χ3n) is 2.03. The average molecular weight is 226 g/mol. The van der Waals surface area contributed by atoms with E-state index in [1.54, 1.807) is 24.9 Å². The lowest BCUT2D eigenvalue weighted by molar-refractivity contribution is 0.195. The molecular weight excluding hydrogens is 208 g/mol. The van der Waals surface area contributed by atoms with Crippen LogP contribution in [0, 0.1) is 0 Å². The van der Waals surface area contributed by atoms with E-state index in [1.807, 2.05) is 12.1 Å². The summed E-state index contributed by atoms with van der Waals surface area (Å²) in [6, 6.07) is 3.79. The van der Waals surface area contributed by atoms with Gasteiger partial charge in [-0.3, -0.25) is 0 Å². The van der Waals surface area contributed by atoms with Gasteiger partial charge in [0.25, 0.3) is 0 Å². The lowest BCUT2D eigenvalue weighted by Crippen LogP contribution is -2.15. The Labute approximate surface area is 95.5 Å². The van der Waals surface area contributed by atoms with E-state index in [4.69, 9.17) is 0 Å². The molecule has 0 amide bonds. The molecule has 0 aliphatic rings. The molecule has 0 saturated carbocycles. The molecule has 1 heterocycles. The molecule has 0 saturated heterocycles. The Morgan fingerprint density at radius 3 is 2.87 bits per heavy atom. The van der Waals surface area contributed by atoms with Crippen molar-refractivity contribution >= 4 is 11.8 Å². The summed E-state index contributed by atoms with van der Waals surface area (Å²) in [6.07, 6.45) is 1.32. The average Bonchev–Trinajstić information content (AvgIpc) is 2.17. The van der Waals surface area contributed by atoms with Crippen molar-refractivity contribution < 1.29 is 5.11 Å². The van der Waals surface area contributed by atoms with Crippen LogP contribution in [-0.2, 0) is 0 Å². The first-order chi connectivity index (χ1) is 7.11. The maximum atomic E-state index is 9.55. The van der Waals surface area contributed by atoms with Crippen LogP contribution in [0.3, 0.4) is 0 Å². The van der Waals surface area contributed by atoms with Crippen LogP contribution < -0.4 is 0 Å². The molecule has 1 atom stereocenters. The smallest absolute Gasteiger partial charge is 0.102 e. The number of nitrogens with zero attached hydrogens (tertiary/aromatic N) is 2. The van der Waals surface area contributed by atoms with E-state index in [1.165, 1.54) is 0 Å². The highest BCUT2D eigenvalue weighted by Crippen LogP contribution is 2.24. The third-order valence-corrected chi connectivity index (χ3v) is 3.03. The SMILES string of the molecule is C[C@H](O)c1cccnc1SCCN(C)C. The van der Waals surface area contributed by atoms with Gasteiger partial charge in [-0.25, -0.2) is 4.98 Å². The van der Waals surface area contributed by atoms with Crippen LogP contribution in [0.1, 0.15) is 18.6 Å². The fourth-order valence-electron chi connectivity index (χ4n) is 1.17. The van der Waals surface area contributed by atoms with Crippen LogP contribution >= 0.6 is 11.8 Å². The minimum absolute atomic E-state index is 0.444. The largest absolute Gasteiger partial charge is 0.389 e. The monoisotopic (exact) mass is 226 g/mol. The van der Waals surface area contributed by atoms with Crippen molar-refractivity contribution in [2.24, 2.45) is 0 Å². The number of thioether (sulfide) groups is 1. The number of hydrogen-bond donors (Lipinski definition) is 1. The van der Waals surface area contributed by atoms with Crippen LogP contribution in [0.5, 0.6) is 0 Å². The quantitative estimate of drug-likeness (QED) is 0.777. The number of hydrogen-bond acceptors (Lipinski definition) is 4. The molecular formula is C11H18N2OS. The second-order valence-electron chi connectivity index (χ2n) is 3.73. The molecule has 1 rings (SSSR count). The molecule has 4 heteroatoms. The molecule has 15 heavy (non-hydrogen) atoms. The predicted octanol–water partition coefficient (Wildman–Crippen LogP) is 1.79. The maximum absolute atomic E-state index is 9.55. The summed E-state index contributed by atoms with van der Waals surface area (Å²) in [4.78, 5) is 6.42. The van der Waals surface area contributed by atoms with Gasteiger partial charge in [-0.2, -0.15) is 0 Å². The van der Waals surface area contributed by atoms with E-state index >= 15 is 0 Å². The van der Waals surface area contributed by atoms with Gasteiger partial charge < -0.3 is 10.0 Å². The van der Waals surface area contributed by atoms with Crippen molar-refractivity contribution in [1.29, 1.82) is 0 Å². The Morgan fingerprint density at radius 1 is 1.53 bits per heavy atom. The van der Waals surface area contributed by atoms with Gasteiger partial charge in [0.1, 0.15) is 5.03 Å². The molecule has 1 aromatic heterocycles. The van der Waals surface area contributed by atoms with Crippen LogP contribution in [0.25, 0.3) is 0 Å². The normalized spacial score (nSPS) is 13.1. The number of aliphatic hydroxyl groups excluding tert-OH is 1. The molecule has 0 spiro atoms. The zero-order valence-electron chi connectivity index (χ0n) is 9.47. The second kappa shape index (κ2) is 6.10. The summed E-state index contributed by atoms with van der Waals surface area (Å²) >= 11 is 1.69. The van der Waals surface area contributed by atoms with Gasteiger partial charge in [0, 0.05) is 24.1 Å². The molecule has 84 valence electrons. The van der Waals surface area contributed by atoms with Crippen LogP contribution in [-0.4, -0.2) is 41.4 Å². The van der Waals surface area contributed by atoms with E-state index in [0.29, 0.717) is 0 Å². The highest BCUT2D eigenvalue weighted by molar-refractivity contribution is 7.99. The number of aromatic nitrogens is 1. The number of pyridine rings is 1. The Morgan fingerprint density at radius 2 is 2.27 bits per heavy atom. The van der Waals surface area contributed by atoms with Gasteiger partial charge in [-0.05, 0) is 27.1 Å². The molecule has 0 aliphatic heterocycles. The lowest BCUT2D eigenvalue weighted by atomic mass is 10.2. The molecule has 0 radical (unpaired) electrons. The summed E-state index contributed by atoms with van der Waals surface area (Å²) < 4.78 is 0. The Kier molecular flexibility index (Phi) is 5.08. The Balaban J connectivity index is 2.59. The molecule has 3 nitrogen and oxygen atoms in total. The van der Waals surface area contributed by atoms with Gasteiger partial charge in [0.2, 0.25) is 0 Å². The van der Waals surface area contributed by atoms with Crippen molar-refractivity contribution in [2.75, 3.05) is 26.4 Å². The van der Waals surface area contributed by atoms with Crippen molar-refractivity contribution in [3.05, 3.63) is 23.9 Å². The van der Waals surface area contributed by atoms with Crippen molar-refractivity contribution in [1.82, 2.24) is 9.88 Å². The van der Waals surface area contributed by atoms with Gasteiger partial charge in [0.05, 0.1) is 6.10 Å². The fraction of sp³-hybridized carbons (Fsp3) is 0.545. The summed E-state index contributed by atoms with van der Waals surface area (Å²) in [7, 11) is 4.10. The minimum atomic E-state index is -0.444. The summed E-state index contributed by atoms with van der Waals surface area (Å²) in [5.41, 5.74) is 0.918. The predicted molar refractivity (Wildman–Crippen MR) is 64.1 cm³/mol. The molecule has 0 bridgehead atoms. The first kappa shape index (κ1) is 12.5. The molecule has 1 aromatic rings. The topological polar surface area (TPSA) is 36.4 Å². The summed E-state index contributed by atoms with van der Waals surface area (Å²) in [5, 5.41) is 10.5. The number of aliphatic hydroxyl groups is 1. The standard InChI is InChI=1S/C11H18N2OS/c1-9(14)10-5-4-6-12-11(10)15-8-7-13(2)3/h4-6,9,14H,7-8H2,1-3H3/t9-/m0/s1.